The molecule has 0 fully saturated rings. The maximum atomic E-state index is 9.70. The molecular weight excluding hydrogens is 211 g/mol. The van der Waals surface area contributed by atoms with Crippen molar-refractivity contribution >= 4 is 7.28 Å². The summed E-state index contributed by atoms with van der Waals surface area (Å²) >= 11 is 0. The van der Waals surface area contributed by atoms with Crippen LogP contribution in [0.4, 0.5) is 0 Å². The Balaban J connectivity index is 0. The van der Waals surface area contributed by atoms with Crippen molar-refractivity contribution in [2.75, 3.05) is 13.3 Å². The third-order valence-corrected chi connectivity index (χ3v) is 0. The maximum Gasteiger partial charge on any atom is 0 e. The molecule has 51 valence electrons. The third-order valence-electron chi connectivity index (χ3n) is 0. The van der Waals surface area contributed by atoms with Gasteiger partial charge in [0.1, 0.15) is 0 Å². The molecule has 0 aliphatic rings. The van der Waals surface area contributed by atoms with E-state index in [0.29, 0.717) is 13.3 Å². The Hall–Kier alpha value is 1.05. The van der Waals surface area contributed by atoms with Gasteiger partial charge in [0, 0.05) is 22.4 Å². The molecule has 1 radical (unpaired) electrons. The van der Waals surface area contributed by atoms with Gasteiger partial charge in [0.15, 0.2) is 0 Å². The Morgan fingerprint density at radius 2 is 1.00 bits per heavy atom. The Labute approximate surface area is 58.0 Å². The molecule has 0 N–H and O–H groups in total. The minimum atomic E-state index is -4.80. The predicted molar refractivity (Wildman–Crippen MR) is 18.8 cm³/mol. The summed E-state index contributed by atoms with van der Waals surface area (Å²) in [6.45, 7) is 1.34. The van der Waals surface area contributed by atoms with Crippen LogP contribution in [-0.2, 0) is 22.4 Å². The minimum absolute atomic E-state index is 0. The summed E-state index contributed by atoms with van der Waals surface area (Å²) in [5.74, 6) is 0. The first kappa shape index (κ1) is 10.9. The topological polar surface area (TPSA) is 69.2 Å². The van der Waals surface area contributed by atoms with Gasteiger partial charge in [-0.05, 0) is 0 Å². The molecule has 0 heterocycles. The van der Waals surface area contributed by atoms with Gasteiger partial charge in [-0.1, -0.05) is 0 Å². The molecule has 0 bridgehead atoms. The third kappa shape index (κ3) is 163. The van der Waals surface area contributed by atoms with Gasteiger partial charge in [-0.25, -0.2) is 0 Å². The summed E-state index contributed by atoms with van der Waals surface area (Å²) in [7, 11) is -4.80. The van der Waals surface area contributed by atoms with Crippen molar-refractivity contribution in [2.45, 2.75) is 0 Å². The van der Waals surface area contributed by atoms with E-state index in [1.54, 1.807) is 0 Å². The maximum absolute atomic E-state index is 9.70. The van der Waals surface area contributed by atoms with E-state index in [0.717, 1.165) is 0 Å². The van der Waals surface area contributed by atoms with E-state index in [1.165, 1.54) is 0 Å². The van der Waals surface area contributed by atoms with Crippen LogP contribution in [0, 0.1) is 0 Å². The summed E-state index contributed by atoms with van der Waals surface area (Å²) in [6.07, 6.45) is 0. The van der Waals surface area contributed by atoms with Crippen LogP contribution < -0.4 is 14.7 Å². The van der Waals surface area contributed by atoms with Crippen LogP contribution in [0.5, 0.6) is 0 Å². The van der Waals surface area contributed by atoms with Gasteiger partial charge in [-0.2, -0.15) is 0 Å². The van der Waals surface area contributed by atoms with E-state index >= 15 is 0 Å². The van der Waals surface area contributed by atoms with Crippen LogP contribution in [0.15, 0.2) is 0 Å². The quantitative estimate of drug-likeness (QED) is 0.336. The first-order valence-corrected chi connectivity index (χ1v) is 4.33. The van der Waals surface area contributed by atoms with Crippen LogP contribution in [-0.4, -0.2) is 13.3 Å². The molecular formula is C2H6AgO3P-3. The predicted octanol–water partition coefficient (Wildman–Crippen LogP) is -2.38. The molecule has 0 aromatic rings. The smallest absolute Gasteiger partial charge is 0 e. The number of rotatable bonds is 0. The van der Waals surface area contributed by atoms with Crippen LogP contribution in [0.25, 0.3) is 0 Å². The average Bonchev–Trinajstić information content (AvgIpc) is 0.650. The molecule has 0 spiro atoms. The van der Waals surface area contributed by atoms with Crippen LogP contribution in [0.1, 0.15) is 0 Å². The fourth-order valence-corrected chi connectivity index (χ4v) is 0. The van der Waals surface area contributed by atoms with Crippen molar-refractivity contribution in [2.24, 2.45) is 0 Å². The fraction of sp³-hybridized carbons (Fsp3) is 1.00. The molecule has 0 saturated heterocycles. The average molecular weight is 217 g/mol. The molecule has 0 unspecified atom stereocenters. The number of hydrogen-bond acceptors (Lipinski definition) is 3. The first-order chi connectivity index (χ1) is 2.24. The second kappa shape index (κ2) is 2.11. The zero-order valence-electron chi connectivity index (χ0n) is 3.97. The molecule has 0 amide bonds. The van der Waals surface area contributed by atoms with E-state index in [-0.39, 0.29) is 22.4 Å². The van der Waals surface area contributed by atoms with Gasteiger partial charge in [0.25, 0.3) is 0 Å². The van der Waals surface area contributed by atoms with Crippen molar-refractivity contribution in [3.63, 3.8) is 0 Å². The SMILES string of the molecule is CP(C)([O-])([O-])[O-].[Ag]. The van der Waals surface area contributed by atoms with Crippen molar-refractivity contribution in [3.8, 4) is 0 Å². The standard InChI is InChI=1S/C2H6O3P.Ag/c1-6(2,3,4)5;/h1-2H3;/q-3;. The van der Waals surface area contributed by atoms with Gasteiger partial charge >= 0.3 is 35.3 Å². The summed E-state index contributed by atoms with van der Waals surface area (Å²) < 4.78 is 0. The van der Waals surface area contributed by atoms with Crippen LogP contribution in [0.3, 0.4) is 0 Å². The van der Waals surface area contributed by atoms with Gasteiger partial charge in [-0.3, -0.25) is 0 Å². The second-order valence-corrected chi connectivity index (χ2v) is 5.30. The normalized spacial score (nSPS) is 16.4. The molecule has 0 aliphatic heterocycles. The summed E-state index contributed by atoms with van der Waals surface area (Å²) in [5.41, 5.74) is 0. The molecule has 5 heteroatoms. The first-order valence-electron chi connectivity index (χ1n) is 1.44. The van der Waals surface area contributed by atoms with E-state index in [2.05, 4.69) is 0 Å². The van der Waals surface area contributed by atoms with Gasteiger partial charge in [0.05, 0.1) is 0 Å². The van der Waals surface area contributed by atoms with E-state index in [1.807, 2.05) is 0 Å². The van der Waals surface area contributed by atoms with Crippen LogP contribution in [0.2, 0.25) is 0 Å². The second-order valence-electron chi connectivity index (χ2n) is 1.77. The van der Waals surface area contributed by atoms with Gasteiger partial charge < -0.3 is 0 Å². The van der Waals surface area contributed by atoms with Crippen molar-refractivity contribution < 1.29 is 37.1 Å². The molecule has 0 aromatic carbocycles. The van der Waals surface area contributed by atoms with Gasteiger partial charge in [-0.15, -0.1) is 0 Å². The molecule has 0 aromatic heterocycles. The van der Waals surface area contributed by atoms with E-state index < -0.39 is 7.28 Å². The van der Waals surface area contributed by atoms with Crippen molar-refractivity contribution in [1.82, 2.24) is 0 Å². The molecule has 0 atom stereocenters. The molecule has 0 saturated carbocycles. The largest absolute Gasteiger partial charge is 0 e. The van der Waals surface area contributed by atoms with Crippen molar-refractivity contribution in [3.05, 3.63) is 0 Å². The molecule has 0 rings (SSSR count). The zero-order chi connectivity index (χ0) is 5.45. The summed E-state index contributed by atoms with van der Waals surface area (Å²) in [5, 5.41) is 0. The van der Waals surface area contributed by atoms with Crippen LogP contribution >= 0.6 is 7.28 Å². The Morgan fingerprint density at radius 1 is 1.00 bits per heavy atom. The molecule has 7 heavy (non-hydrogen) atoms. The monoisotopic (exact) mass is 216 g/mol. The number of hydrogen-bond donors (Lipinski definition) is 0. The fourth-order valence-electron chi connectivity index (χ4n) is 0. The Bertz CT molecular complexity index is 46.1. The zero-order valence-corrected chi connectivity index (χ0v) is 6.35. The molecule has 3 nitrogen and oxygen atoms in total. The van der Waals surface area contributed by atoms with Crippen molar-refractivity contribution in [1.29, 1.82) is 0 Å². The van der Waals surface area contributed by atoms with E-state index in [9.17, 15) is 14.7 Å². The van der Waals surface area contributed by atoms with Gasteiger partial charge in [0.2, 0.25) is 0 Å². The summed E-state index contributed by atoms with van der Waals surface area (Å²) in [6, 6.07) is 0. The molecule has 0 aliphatic carbocycles. The van der Waals surface area contributed by atoms with E-state index in [4.69, 9.17) is 0 Å². The Morgan fingerprint density at radius 3 is 1.00 bits per heavy atom. The minimum Gasteiger partial charge on any atom is 0 e. The summed E-state index contributed by atoms with van der Waals surface area (Å²) in [4.78, 5) is 29.1. The Kier molecular flexibility index (Phi) is 3.30.